The molecule has 3 atom stereocenters. The second-order valence-corrected chi connectivity index (χ2v) is 14.4. The summed E-state index contributed by atoms with van der Waals surface area (Å²) >= 11 is 0. The van der Waals surface area contributed by atoms with Crippen LogP contribution in [-0.4, -0.2) is 91.9 Å². The predicted octanol–water partition coefficient (Wildman–Crippen LogP) is 5.97. The van der Waals surface area contributed by atoms with Gasteiger partial charge in [0.25, 0.3) is 5.91 Å². The van der Waals surface area contributed by atoms with Crippen molar-refractivity contribution in [2.75, 3.05) is 45.4 Å². The summed E-state index contributed by atoms with van der Waals surface area (Å²) in [5, 5.41) is 11.4. The van der Waals surface area contributed by atoms with E-state index in [2.05, 4.69) is 37.6 Å². The molecular weight excluding hydrogens is 596 g/mol. The number of anilines is 1. The molecule has 4 aliphatic rings. The van der Waals surface area contributed by atoms with Gasteiger partial charge in [0.1, 0.15) is 6.23 Å². The molecule has 4 aliphatic heterocycles. The number of aliphatic hydroxyl groups is 1. The Bertz CT molecular complexity index is 1540. The minimum atomic E-state index is -0.851. The average molecular weight is 647 g/mol. The molecule has 254 valence electrons. The summed E-state index contributed by atoms with van der Waals surface area (Å²) in [6, 6.07) is 7.65. The number of amides is 1. The molecular formula is C37H50N4O6. The largest absolute Gasteiger partial charge is 0.493 e. The van der Waals surface area contributed by atoms with Crippen LogP contribution in [0.4, 0.5) is 11.4 Å². The summed E-state index contributed by atoms with van der Waals surface area (Å²) in [7, 11) is 3.26. The molecule has 2 fully saturated rings. The highest BCUT2D eigenvalue weighted by Crippen LogP contribution is 2.43. The maximum atomic E-state index is 13.6. The number of aliphatic hydroxyl groups excluding tert-OH is 1. The summed E-state index contributed by atoms with van der Waals surface area (Å²) in [5.41, 5.74) is 4.52. The molecule has 10 heteroatoms. The Morgan fingerprint density at radius 3 is 2.34 bits per heavy atom. The maximum Gasteiger partial charge on any atom is 0.256 e. The van der Waals surface area contributed by atoms with E-state index in [0.29, 0.717) is 66.1 Å². The summed E-state index contributed by atoms with van der Waals surface area (Å²) in [5.74, 6) is 2.38. The number of ether oxygens (including phenoxy) is 4. The first-order chi connectivity index (χ1) is 22.5. The lowest BCUT2D eigenvalue weighted by molar-refractivity contribution is 0.0497. The second kappa shape index (κ2) is 13.4. The number of carbonyl (C=O) groups is 1. The highest BCUT2D eigenvalue weighted by Gasteiger charge is 2.44. The fourth-order valence-electron chi connectivity index (χ4n) is 7.58. The lowest BCUT2D eigenvalue weighted by Gasteiger charge is -2.36. The molecule has 2 saturated heterocycles. The van der Waals surface area contributed by atoms with Gasteiger partial charge in [-0.05, 0) is 69.1 Å². The fraction of sp³-hybridized carbons (Fsp3) is 0.568. The molecule has 10 nitrogen and oxygen atoms in total. The Hall–Kier alpha value is -3.76. The molecule has 0 saturated carbocycles. The zero-order chi connectivity index (χ0) is 33.5. The molecule has 0 aromatic heterocycles. The average Bonchev–Trinajstić information content (AvgIpc) is 3.49. The molecule has 6 rings (SSSR count). The highest BCUT2D eigenvalue weighted by molar-refractivity contribution is 6.02. The summed E-state index contributed by atoms with van der Waals surface area (Å²) in [6.07, 6.45) is 5.51. The number of unbranched alkanes of at least 4 members (excludes halogenated alkanes) is 2. The van der Waals surface area contributed by atoms with E-state index < -0.39 is 6.23 Å². The summed E-state index contributed by atoms with van der Waals surface area (Å²) in [4.78, 5) is 24.6. The number of carbonyl (C=O) groups excluding carboxylic acids is 1. The molecule has 4 heterocycles. The van der Waals surface area contributed by atoms with E-state index in [-0.39, 0.29) is 18.0 Å². The van der Waals surface area contributed by atoms with E-state index in [1.807, 2.05) is 30.9 Å². The van der Waals surface area contributed by atoms with Crippen LogP contribution in [0.25, 0.3) is 0 Å². The number of hydrogen-bond acceptors (Lipinski definition) is 9. The van der Waals surface area contributed by atoms with Crippen LogP contribution >= 0.6 is 0 Å². The van der Waals surface area contributed by atoms with Gasteiger partial charge in [-0.15, -0.1) is 0 Å². The Morgan fingerprint density at radius 2 is 1.66 bits per heavy atom. The van der Waals surface area contributed by atoms with Crippen molar-refractivity contribution in [3.8, 4) is 23.0 Å². The van der Waals surface area contributed by atoms with E-state index >= 15 is 0 Å². The topological polar surface area (TPSA) is 96.3 Å². The van der Waals surface area contributed by atoms with Crippen molar-refractivity contribution in [3.63, 3.8) is 0 Å². The molecule has 2 aromatic rings. The SMILES string of the molecule is C=C1C[C@H]2[C@H](O)N(C(C)C)c3cc(OCCCCCOc4cc5c(cc4OC)CN4CC(C)(C)C[C@H]4C=N5)c(OC)cc3C(=O)N2C1. The van der Waals surface area contributed by atoms with Gasteiger partial charge in [-0.1, -0.05) is 26.0 Å². The Balaban J connectivity index is 1.05. The van der Waals surface area contributed by atoms with E-state index in [1.165, 1.54) is 0 Å². The Kier molecular flexibility index (Phi) is 9.45. The zero-order valence-corrected chi connectivity index (χ0v) is 28.8. The van der Waals surface area contributed by atoms with Crippen LogP contribution in [0.2, 0.25) is 0 Å². The van der Waals surface area contributed by atoms with Gasteiger partial charge in [-0.3, -0.25) is 14.7 Å². The van der Waals surface area contributed by atoms with Crippen molar-refractivity contribution < 1.29 is 28.8 Å². The Labute approximate surface area is 278 Å². The minimum absolute atomic E-state index is 0.0403. The minimum Gasteiger partial charge on any atom is -0.493 e. The summed E-state index contributed by atoms with van der Waals surface area (Å²) in [6.45, 7) is 16.1. The van der Waals surface area contributed by atoms with Crippen LogP contribution in [0, 0.1) is 5.41 Å². The van der Waals surface area contributed by atoms with Crippen LogP contribution < -0.4 is 23.8 Å². The summed E-state index contributed by atoms with van der Waals surface area (Å²) < 4.78 is 23.8. The number of aliphatic imine (C=N–C) groups is 1. The number of nitrogens with zero attached hydrogens (tertiary/aromatic N) is 4. The smallest absolute Gasteiger partial charge is 0.256 e. The molecule has 1 amide bonds. The van der Waals surface area contributed by atoms with Crippen LogP contribution in [0.5, 0.6) is 23.0 Å². The zero-order valence-electron chi connectivity index (χ0n) is 28.8. The molecule has 2 aromatic carbocycles. The van der Waals surface area contributed by atoms with Crippen molar-refractivity contribution in [2.24, 2.45) is 10.4 Å². The number of rotatable bonds is 11. The van der Waals surface area contributed by atoms with Gasteiger partial charge in [0.2, 0.25) is 0 Å². The van der Waals surface area contributed by atoms with Gasteiger partial charge >= 0.3 is 0 Å². The number of hydrogen-bond donors (Lipinski definition) is 1. The van der Waals surface area contributed by atoms with Gasteiger partial charge in [0.15, 0.2) is 23.0 Å². The first-order valence-corrected chi connectivity index (χ1v) is 16.9. The van der Waals surface area contributed by atoms with E-state index in [9.17, 15) is 9.90 Å². The van der Waals surface area contributed by atoms with Crippen LogP contribution in [0.3, 0.4) is 0 Å². The van der Waals surface area contributed by atoms with Crippen LogP contribution in [0.1, 0.15) is 75.7 Å². The standard InChI is InChI=1S/C37H50N4O6/c1-23(2)41-29-17-34(32(45-7)15-27(29)35(42)40-20-24(3)13-30(40)36(41)43)47-12-10-8-9-11-46-33-16-28-25(14-31(33)44-6)21-39-22-37(4,5)18-26(39)19-38-28/h14-17,19,23,26,30,36,43H,3,8-13,18,20-22H2,1-2,4-7H3/t26-,30-,36-/m0/s1. The molecule has 0 aliphatic carbocycles. The highest BCUT2D eigenvalue weighted by atomic mass is 16.5. The van der Waals surface area contributed by atoms with Crippen molar-refractivity contribution in [2.45, 2.75) is 90.7 Å². The fourth-order valence-corrected chi connectivity index (χ4v) is 7.58. The van der Waals surface area contributed by atoms with E-state index in [4.69, 9.17) is 23.9 Å². The van der Waals surface area contributed by atoms with Crippen LogP contribution in [0.15, 0.2) is 41.4 Å². The lowest BCUT2D eigenvalue weighted by atomic mass is 9.91. The third-order valence-electron chi connectivity index (χ3n) is 9.82. The van der Waals surface area contributed by atoms with Crippen molar-refractivity contribution >= 4 is 23.5 Å². The predicted molar refractivity (Wildman–Crippen MR) is 184 cm³/mol. The van der Waals surface area contributed by atoms with Crippen molar-refractivity contribution in [1.29, 1.82) is 0 Å². The molecule has 0 radical (unpaired) electrons. The normalized spacial score (nSPS) is 23.2. The van der Waals surface area contributed by atoms with Gasteiger partial charge in [-0.25, -0.2) is 0 Å². The second-order valence-electron chi connectivity index (χ2n) is 14.4. The van der Waals surface area contributed by atoms with Gasteiger partial charge in [0, 0.05) is 50.1 Å². The third-order valence-corrected chi connectivity index (χ3v) is 9.82. The number of methoxy groups -OCH3 is 2. The monoisotopic (exact) mass is 646 g/mol. The quantitative estimate of drug-likeness (QED) is 0.236. The number of fused-ring (bicyclic) bond motifs is 4. The first-order valence-electron chi connectivity index (χ1n) is 16.9. The van der Waals surface area contributed by atoms with E-state index in [1.54, 1.807) is 25.2 Å². The molecule has 0 unspecified atom stereocenters. The Morgan fingerprint density at radius 1 is 0.979 bits per heavy atom. The van der Waals surface area contributed by atoms with Gasteiger partial charge in [0.05, 0.1) is 50.4 Å². The molecule has 1 N–H and O–H groups in total. The van der Waals surface area contributed by atoms with Crippen LogP contribution in [-0.2, 0) is 6.54 Å². The maximum absolute atomic E-state index is 13.6. The third kappa shape index (κ3) is 6.67. The van der Waals surface area contributed by atoms with E-state index in [0.717, 1.165) is 61.3 Å². The first kappa shape index (κ1) is 33.2. The molecule has 47 heavy (non-hydrogen) atoms. The van der Waals surface area contributed by atoms with Gasteiger partial charge < -0.3 is 33.9 Å². The molecule has 0 bridgehead atoms. The van der Waals surface area contributed by atoms with Crippen molar-refractivity contribution in [1.82, 2.24) is 9.80 Å². The van der Waals surface area contributed by atoms with Crippen molar-refractivity contribution in [3.05, 3.63) is 47.5 Å². The number of benzene rings is 2. The molecule has 0 spiro atoms. The lowest BCUT2D eigenvalue weighted by Crippen LogP contribution is -2.50. The van der Waals surface area contributed by atoms with Gasteiger partial charge in [-0.2, -0.15) is 0 Å².